The molecule has 0 bridgehead atoms. The third-order valence-electron chi connectivity index (χ3n) is 4.39. The second kappa shape index (κ2) is 8.27. The molecule has 0 aliphatic heterocycles. The quantitative estimate of drug-likeness (QED) is 0.457. The molecule has 2 aromatic heterocycles. The van der Waals surface area contributed by atoms with Gasteiger partial charge in [0.15, 0.2) is 10.8 Å². The van der Waals surface area contributed by atoms with Gasteiger partial charge in [-0.25, -0.2) is 9.67 Å². The fourth-order valence-corrected chi connectivity index (χ4v) is 3.79. The summed E-state index contributed by atoms with van der Waals surface area (Å²) in [5.41, 5.74) is 2.71. The number of hydrogen-bond donors (Lipinski definition) is 2. The van der Waals surface area contributed by atoms with Gasteiger partial charge in [-0.05, 0) is 31.2 Å². The van der Waals surface area contributed by atoms with Crippen molar-refractivity contribution in [2.75, 3.05) is 25.5 Å². The second-order valence-corrected chi connectivity index (χ2v) is 7.34. The summed E-state index contributed by atoms with van der Waals surface area (Å²) in [5, 5.41) is 15.1. The average molecular weight is 408 g/mol. The van der Waals surface area contributed by atoms with Gasteiger partial charge in [0, 0.05) is 19.2 Å². The van der Waals surface area contributed by atoms with Crippen LogP contribution >= 0.6 is 11.3 Å². The minimum Gasteiger partial charge on any atom is -0.497 e. The van der Waals surface area contributed by atoms with Crippen LogP contribution in [0.15, 0.2) is 48.5 Å². The van der Waals surface area contributed by atoms with Gasteiger partial charge >= 0.3 is 0 Å². The molecule has 4 rings (SSSR count). The molecule has 2 heterocycles. The van der Waals surface area contributed by atoms with Crippen molar-refractivity contribution in [2.45, 2.75) is 6.92 Å². The van der Waals surface area contributed by atoms with Crippen molar-refractivity contribution >= 4 is 32.6 Å². The van der Waals surface area contributed by atoms with E-state index < -0.39 is 0 Å². The number of aromatic nitrogens is 4. The Morgan fingerprint density at radius 2 is 2.03 bits per heavy atom. The summed E-state index contributed by atoms with van der Waals surface area (Å²) in [6.45, 7) is 2.82. The molecule has 4 aromatic rings. The molecule has 0 atom stereocenters. The number of nitrogens with zero attached hydrogens (tertiary/aromatic N) is 4. The number of ether oxygens (including phenoxy) is 1. The van der Waals surface area contributed by atoms with Crippen LogP contribution in [0.25, 0.3) is 15.9 Å². The molecular formula is C20H20N6O2S. The van der Waals surface area contributed by atoms with E-state index in [-0.39, 0.29) is 5.91 Å². The van der Waals surface area contributed by atoms with Crippen molar-refractivity contribution in [3.63, 3.8) is 0 Å². The predicted molar refractivity (Wildman–Crippen MR) is 113 cm³/mol. The number of para-hydroxylation sites is 1. The van der Waals surface area contributed by atoms with Crippen LogP contribution < -0.4 is 15.4 Å². The average Bonchev–Trinajstić information content (AvgIpc) is 3.34. The number of amides is 1. The fourth-order valence-electron chi connectivity index (χ4n) is 2.90. The monoisotopic (exact) mass is 408 g/mol. The summed E-state index contributed by atoms with van der Waals surface area (Å²) in [6, 6.07) is 15.4. The van der Waals surface area contributed by atoms with E-state index >= 15 is 0 Å². The molecule has 148 valence electrons. The highest BCUT2D eigenvalue weighted by molar-refractivity contribution is 7.22. The van der Waals surface area contributed by atoms with Crippen molar-refractivity contribution in [3.8, 4) is 11.4 Å². The van der Waals surface area contributed by atoms with E-state index in [1.807, 2.05) is 55.5 Å². The molecule has 29 heavy (non-hydrogen) atoms. The van der Waals surface area contributed by atoms with E-state index in [4.69, 9.17) is 4.74 Å². The largest absolute Gasteiger partial charge is 0.497 e. The maximum atomic E-state index is 12.5. The zero-order chi connectivity index (χ0) is 20.2. The standard InChI is InChI=1S/C20H20N6O2S/c1-13-18(24-25-26(13)14-6-5-7-15(12-14)28-2)19(27)21-10-11-22-20-23-16-8-3-4-9-17(16)29-20/h3-9,12H,10-11H2,1-2H3,(H,21,27)(H,22,23). The molecule has 0 saturated heterocycles. The Morgan fingerprint density at radius 1 is 1.17 bits per heavy atom. The molecule has 0 fully saturated rings. The number of thiazole rings is 1. The lowest BCUT2D eigenvalue weighted by Gasteiger charge is -2.07. The number of methoxy groups -OCH3 is 1. The van der Waals surface area contributed by atoms with Crippen molar-refractivity contribution in [3.05, 3.63) is 59.9 Å². The molecule has 2 N–H and O–H groups in total. The highest BCUT2D eigenvalue weighted by Gasteiger charge is 2.17. The minimum absolute atomic E-state index is 0.261. The molecule has 9 heteroatoms. The maximum absolute atomic E-state index is 12.5. The highest BCUT2D eigenvalue weighted by Crippen LogP contribution is 2.25. The second-order valence-electron chi connectivity index (χ2n) is 6.31. The van der Waals surface area contributed by atoms with Gasteiger partial charge in [0.05, 0.1) is 28.7 Å². The van der Waals surface area contributed by atoms with E-state index in [0.29, 0.717) is 30.2 Å². The Kier molecular flexibility index (Phi) is 5.39. The summed E-state index contributed by atoms with van der Waals surface area (Å²) >= 11 is 1.59. The SMILES string of the molecule is COc1cccc(-n2nnc(C(=O)NCCNc3nc4ccccc4s3)c2C)c1. The number of carbonyl (C=O) groups is 1. The van der Waals surface area contributed by atoms with Gasteiger partial charge in [0.25, 0.3) is 5.91 Å². The summed E-state index contributed by atoms with van der Waals surface area (Å²) in [5.74, 6) is 0.451. The first-order valence-corrected chi connectivity index (χ1v) is 9.92. The number of hydrogen-bond acceptors (Lipinski definition) is 7. The molecule has 1 amide bonds. The molecule has 0 spiro atoms. The normalized spacial score (nSPS) is 10.8. The number of nitrogens with one attached hydrogen (secondary N) is 2. The molecular weight excluding hydrogens is 388 g/mol. The summed E-state index contributed by atoms with van der Waals surface area (Å²) in [7, 11) is 1.61. The van der Waals surface area contributed by atoms with E-state index in [0.717, 1.165) is 21.0 Å². The van der Waals surface area contributed by atoms with Gasteiger partial charge in [-0.15, -0.1) is 5.10 Å². The van der Waals surface area contributed by atoms with Crippen molar-refractivity contribution < 1.29 is 9.53 Å². The topological polar surface area (TPSA) is 94.0 Å². The first kappa shape index (κ1) is 18.9. The Hall–Kier alpha value is -3.46. The van der Waals surface area contributed by atoms with E-state index in [1.54, 1.807) is 23.1 Å². The summed E-state index contributed by atoms with van der Waals surface area (Å²) in [4.78, 5) is 17.0. The molecule has 0 radical (unpaired) electrons. The third kappa shape index (κ3) is 4.04. The number of anilines is 1. The Balaban J connectivity index is 1.35. The number of fused-ring (bicyclic) bond motifs is 1. The number of carbonyl (C=O) groups excluding carboxylic acids is 1. The highest BCUT2D eigenvalue weighted by atomic mass is 32.1. The molecule has 8 nitrogen and oxygen atoms in total. The van der Waals surface area contributed by atoms with Crippen LogP contribution in [0.4, 0.5) is 5.13 Å². The molecule has 0 saturated carbocycles. The van der Waals surface area contributed by atoms with Crippen LogP contribution in [0.2, 0.25) is 0 Å². The first-order chi connectivity index (χ1) is 14.2. The maximum Gasteiger partial charge on any atom is 0.273 e. The van der Waals surface area contributed by atoms with Crippen LogP contribution in [0.3, 0.4) is 0 Å². The van der Waals surface area contributed by atoms with Gasteiger partial charge in [0.1, 0.15) is 5.75 Å². The van der Waals surface area contributed by atoms with Crippen molar-refractivity contribution in [1.29, 1.82) is 0 Å². The lowest BCUT2D eigenvalue weighted by molar-refractivity contribution is 0.0949. The summed E-state index contributed by atoms with van der Waals surface area (Å²) in [6.07, 6.45) is 0. The van der Waals surface area contributed by atoms with Gasteiger partial charge < -0.3 is 15.4 Å². The molecule has 2 aromatic carbocycles. The van der Waals surface area contributed by atoms with Crippen molar-refractivity contribution in [2.24, 2.45) is 0 Å². The molecule has 0 aliphatic rings. The van der Waals surface area contributed by atoms with Gasteiger partial charge in [-0.1, -0.05) is 34.7 Å². The van der Waals surface area contributed by atoms with Gasteiger partial charge in [-0.3, -0.25) is 4.79 Å². The smallest absolute Gasteiger partial charge is 0.273 e. The number of rotatable bonds is 7. The van der Waals surface area contributed by atoms with Crippen LogP contribution in [0.1, 0.15) is 16.2 Å². The predicted octanol–water partition coefficient (Wildman–Crippen LogP) is 3.04. The molecule has 0 unspecified atom stereocenters. The Labute approximate surface area is 171 Å². The Morgan fingerprint density at radius 3 is 2.86 bits per heavy atom. The zero-order valence-electron chi connectivity index (χ0n) is 16.0. The minimum atomic E-state index is -0.261. The van der Waals surface area contributed by atoms with E-state index in [2.05, 4.69) is 25.9 Å². The third-order valence-corrected chi connectivity index (χ3v) is 5.38. The summed E-state index contributed by atoms with van der Waals surface area (Å²) < 4.78 is 7.99. The van der Waals surface area contributed by atoms with Gasteiger partial charge in [0.2, 0.25) is 0 Å². The van der Waals surface area contributed by atoms with Crippen LogP contribution in [0.5, 0.6) is 5.75 Å². The molecule has 0 aliphatic carbocycles. The first-order valence-electron chi connectivity index (χ1n) is 9.10. The van der Waals surface area contributed by atoms with Crippen LogP contribution in [-0.4, -0.2) is 46.1 Å². The lowest BCUT2D eigenvalue weighted by atomic mass is 10.2. The van der Waals surface area contributed by atoms with Gasteiger partial charge in [-0.2, -0.15) is 0 Å². The van der Waals surface area contributed by atoms with Crippen molar-refractivity contribution in [1.82, 2.24) is 25.3 Å². The lowest BCUT2D eigenvalue weighted by Crippen LogP contribution is -2.29. The van der Waals surface area contributed by atoms with E-state index in [1.165, 1.54) is 0 Å². The number of benzene rings is 2. The van der Waals surface area contributed by atoms with E-state index in [9.17, 15) is 4.79 Å². The van der Waals surface area contributed by atoms with Crippen LogP contribution in [-0.2, 0) is 0 Å². The Bertz CT molecular complexity index is 1120. The fraction of sp³-hybridized carbons (Fsp3) is 0.200. The zero-order valence-corrected chi connectivity index (χ0v) is 16.9. The van der Waals surface area contributed by atoms with Crippen LogP contribution in [0, 0.1) is 6.92 Å².